The molecule has 0 aliphatic heterocycles. The van der Waals surface area contributed by atoms with Gasteiger partial charge in [0, 0.05) is 31.6 Å². The zero-order valence-corrected chi connectivity index (χ0v) is 11.3. The summed E-state index contributed by atoms with van der Waals surface area (Å²) in [4.78, 5) is 11.1. The van der Waals surface area contributed by atoms with Crippen LogP contribution in [0.1, 0.15) is 32.0 Å². The SMILES string of the molecule is CCCc1nc(N)cc(NCCN(C)C2CC2)n1. The predicted molar refractivity (Wildman–Crippen MR) is 74.6 cm³/mol. The molecule has 0 radical (unpaired) electrons. The van der Waals surface area contributed by atoms with Crippen molar-refractivity contribution in [2.45, 2.75) is 38.6 Å². The number of nitrogens with two attached hydrogens (primary N) is 1. The van der Waals surface area contributed by atoms with Gasteiger partial charge in [0.05, 0.1) is 0 Å². The van der Waals surface area contributed by atoms with E-state index in [2.05, 4.69) is 34.2 Å². The number of rotatable bonds is 7. The summed E-state index contributed by atoms with van der Waals surface area (Å²) in [5.74, 6) is 2.22. The number of likely N-dealkylation sites (N-methyl/N-ethyl adjacent to an activating group) is 1. The Morgan fingerprint density at radius 3 is 2.89 bits per heavy atom. The average Bonchev–Trinajstić information content (AvgIpc) is 3.12. The molecular weight excluding hydrogens is 226 g/mol. The monoisotopic (exact) mass is 249 g/mol. The smallest absolute Gasteiger partial charge is 0.133 e. The Hall–Kier alpha value is -1.36. The van der Waals surface area contributed by atoms with Crippen LogP contribution in [0.4, 0.5) is 11.6 Å². The standard InChI is InChI=1S/C13H23N5/c1-3-4-12-16-11(14)9-13(17-12)15-7-8-18(2)10-5-6-10/h9-10H,3-8H2,1-2H3,(H3,14,15,16,17). The van der Waals surface area contributed by atoms with Crippen molar-refractivity contribution >= 4 is 11.6 Å². The van der Waals surface area contributed by atoms with Crippen LogP contribution in [-0.2, 0) is 6.42 Å². The van der Waals surface area contributed by atoms with E-state index in [0.717, 1.165) is 43.6 Å². The quantitative estimate of drug-likeness (QED) is 0.767. The van der Waals surface area contributed by atoms with Gasteiger partial charge in [0.2, 0.25) is 0 Å². The third kappa shape index (κ3) is 3.84. The van der Waals surface area contributed by atoms with Crippen LogP contribution in [-0.4, -0.2) is 41.0 Å². The Labute approximate surface area is 109 Å². The van der Waals surface area contributed by atoms with Gasteiger partial charge in [-0.15, -0.1) is 0 Å². The Kier molecular flexibility index (Phi) is 4.36. The van der Waals surface area contributed by atoms with Gasteiger partial charge in [-0.2, -0.15) is 0 Å². The average molecular weight is 249 g/mol. The summed E-state index contributed by atoms with van der Waals surface area (Å²) < 4.78 is 0. The van der Waals surface area contributed by atoms with Crippen molar-refractivity contribution in [3.05, 3.63) is 11.9 Å². The van der Waals surface area contributed by atoms with Crippen LogP contribution >= 0.6 is 0 Å². The first-order chi connectivity index (χ1) is 8.69. The van der Waals surface area contributed by atoms with Gasteiger partial charge in [0.25, 0.3) is 0 Å². The summed E-state index contributed by atoms with van der Waals surface area (Å²) in [6.45, 7) is 4.05. The zero-order chi connectivity index (χ0) is 13.0. The van der Waals surface area contributed by atoms with Crippen molar-refractivity contribution < 1.29 is 0 Å². The van der Waals surface area contributed by atoms with E-state index in [1.165, 1.54) is 12.8 Å². The second-order valence-corrected chi connectivity index (χ2v) is 4.98. The van der Waals surface area contributed by atoms with Crippen molar-refractivity contribution in [1.29, 1.82) is 0 Å². The highest BCUT2D eigenvalue weighted by Gasteiger charge is 2.25. The van der Waals surface area contributed by atoms with E-state index in [-0.39, 0.29) is 0 Å². The van der Waals surface area contributed by atoms with Crippen molar-refractivity contribution in [1.82, 2.24) is 14.9 Å². The van der Waals surface area contributed by atoms with Crippen LogP contribution in [0, 0.1) is 0 Å². The topological polar surface area (TPSA) is 67.1 Å². The van der Waals surface area contributed by atoms with E-state index in [1.54, 1.807) is 6.07 Å². The van der Waals surface area contributed by atoms with E-state index < -0.39 is 0 Å². The lowest BCUT2D eigenvalue weighted by Gasteiger charge is -2.16. The van der Waals surface area contributed by atoms with E-state index >= 15 is 0 Å². The Bertz CT molecular complexity index is 389. The van der Waals surface area contributed by atoms with Crippen LogP contribution in [0.3, 0.4) is 0 Å². The number of aromatic nitrogens is 2. The second kappa shape index (κ2) is 6.00. The van der Waals surface area contributed by atoms with E-state index in [9.17, 15) is 0 Å². The highest BCUT2D eigenvalue weighted by atomic mass is 15.2. The Morgan fingerprint density at radius 1 is 1.44 bits per heavy atom. The summed E-state index contributed by atoms with van der Waals surface area (Å²) in [7, 11) is 2.18. The molecule has 18 heavy (non-hydrogen) atoms. The van der Waals surface area contributed by atoms with Gasteiger partial charge in [0.15, 0.2) is 0 Å². The number of aryl methyl sites for hydroxylation is 1. The van der Waals surface area contributed by atoms with Crippen molar-refractivity contribution in [2.75, 3.05) is 31.2 Å². The number of nitrogens with zero attached hydrogens (tertiary/aromatic N) is 3. The van der Waals surface area contributed by atoms with Crippen molar-refractivity contribution in [2.24, 2.45) is 0 Å². The first-order valence-corrected chi connectivity index (χ1v) is 6.76. The minimum Gasteiger partial charge on any atom is -0.384 e. The maximum Gasteiger partial charge on any atom is 0.133 e. The third-order valence-corrected chi connectivity index (χ3v) is 3.21. The molecule has 0 amide bonds. The van der Waals surface area contributed by atoms with Gasteiger partial charge in [0.1, 0.15) is 17.5 Å². The summed E-state index contributed by atoms with van der Waals surface area (Å²) in [6, 6.07) is 2.61. The number of anilines is 2. The highest BCUT2D eigenvalue weighted by Crippen LogP contribution is 2.24. The Balaban J connectivity index is 1.83. The van der Waals surface area contributed by atoms with Gasteiger partial charge < -0.3 is 16.0 Å². The minimum absolute atomic E-state index is 0.548. The third-order valence-electron chi connectivity index (χ3n) is 3.21. The first-order valence-electron chi connectivity index (χ1n) is 6.76. The second-order valence-electron chi connectivity index (χ2n) is 4.98. The van der Waals surface area contributed by atoms with Crippen LogP contribution in [0.25, 0.3) is 0 Å². The molecule has 0 bridgehead atoms. The summed E-state index contributed by atoms with van der Waals surface area (Å²) in [6.07, 6.45) is 4.60. The van der Waals surface area contributed by atoms with Gasteiger partial charge in [-0.1, -0.05) is 6.92 Å². The maximum atomic E-state index is 5.78. The molecule has 1 aliphatic rings. The zero-order valence-electron chi connectivity index (χ0n) is 11.3. The molecule has 0 aromatic carbocycles. The lowest BCUT2D eigenvalue weighted by molar-refractivity contribution is 0.337. The fourth-order valence-electron chi connectivity index (χ4n) is 2.00. The van der Waals surface area contributed by atoms with Crippen molar-refractivity contribution in [3.8, 4) is 0 Å². The van der Waals surface area contributed by atoms with Crippen LogP contribution < -0.4 is 11.1 Å². The first kappa shape index (κ1) is 13.1. The molecule has 3 N–H and O–H groups in total. The molecule has 0 spiro atoms. The van der Waals surface area contributed by atoms with E-state index in [1.807, 2.05) is 0 Å². The molecule has 5 heteroatoms. The molecule has 2 rings (SSSR count). The number of nitrogen functional groups attached to an aromatic ring is 1. The molecule has 100 valence electrons. The minimum atomic E-state index is 0.548. The van der Waals surface area contributed by atoms with Gasteiger partial charge in [-0.25, -0.2) is 9.97 Å². The maximum absolute atomic E-state index is 5.78. The molecule has 5 nitrogen and oxygen atoms in total. The molecule has 1 aromatic rings. The number of hydrogen-bond donors (Lipinski definition) is 2. The molecular formula is C13H23N5. The summed E-state index contributed by atoms with van der Waals surface area (Å²) >= 11 is 0. The van der Waals surface area contributed by atoms with E-state index in [4.69, 9.17) is 5.73 Å². The largest absolute Gasteiger partial charge is 0.384 e. The lowest BCUT2D eigenvalue weighted by Crippen LogP contribution is -2.27. The molecule has 0 saturated heterocycles. The molecule has 1 fully saturated rings. The lowest BCUT2D eigenvalue weighted by atomic mass is 10.3. The molecule has 1 heterocycles. The van der Waals surface area contributed by atoms with Gasteiger partial charge in [-0.3, -0.25) is 0 Å². The molecule has 1 aromatic heterocycles. The van der Waals surface area contributed by atoms with Gasteiger partial charge >= 0.3 is 0 Å². The normalized spacial score (nSPS) is 15.1. The molecule has 1 saturated carbocycles. The fraction of sp³-hybridized carbons (Fsp3) is 0.692. The predicted octanol–water partition coefficient (Wildman–Crippen LogP) is 1.52. The summed E-state index contributed by atoms with van der Waals surface area (Å²) in [5.41, 5.74) is 5.78. The number of nitrogens with one attached hydrogen (secondary N) is 1. The molecule has 0 atom stereocenters. The van der Waals surface area contributed by atoms with Crippen LogP contribution in [0.15, 0.2) is 6.07 Å². The molecule has 0 unspecified atom stereocenters. The van der Waals surface area contributed by atoms with Crippen LogP contribution in [0.2, 0.25) is 0 Å². The van der Waals surface area contributed by atoms with Crippen LogP contribution in [0.5, 0.6) is 0 Å². The van der Waals surface area contributed by atoms with E-state index in [0.29, 0.717) is 5.82 Å². The van der Waals surface area contributed by atoms with Gasteiger partial charge in [-0.05, 0) is 26.3 Å². The fourth-order valence-corrected chi connectivity index (χ4v) is 2.00. The molecule has 1 aliphatic carbocycles. The van der Waals surface area contributed by atoms with Crippen molar-refractivity contribution in [3.63, 3.8) is 0 Å². The number of hydrogen-bond acceptors (Lipinski definition) is 5. The Morgan fingerprint density at radius 2 is 2.22 bits per heavy atom. The highest BCUT2D eigenvalue weighted by molar-refractivity contribution is 5.44. The summed E-state index contributed by atoms with van der Waals surface area (Å²) in [5, 5.41) is 3.33.